The number of rotatable bonds is 5. The Balaban J connectivity index is 2.08. The number of ether oxygens (including phenoxy) is 5. The Labute approximate surface area is 198 Å². The molecule has 7 unspecified atom stereocenters. The molecular formula is C24H32O10. The van der Waals surface area contributed by atoms with E-state index >= 15 is 0 Å². The molecule has 2 heterocycles. The standard InChI is InChI=1S/C24H32O10/c1-7-12(2)21(28)31-16-10-24(6,33-14(4)26)17(27)8-9-23(5)20(34-23)19-18(16)15(22(29)32-19)11-30-13(3)25/h7,15-16,18-20H,8-11H2,1-6H3. The lowest BCUT2D eigenvalue weighted by Crippen LogP contribution is -2.50. The Bertz CT molecular complexity index is 923. The minimum atomic E-state index is -1.61. The summed E-state index contributed by atoms with van der Waals surface area (Å²) in [6.45, 7) is 8.66. The Morgan fingerprint density at radius 3 is 2.38 bits per heavy atom. The van der Waals surface area contributed by atoms with Crippen molar-refractivity contribution in [2.24, 2.45) is 11.8 Å². The first-order valence-corrected chi connectivity index (χ1v) is 11.4. The first-order chi connectivity index (χ1) is 15.8. The van der Waals surface area contributed by atoms with Gasteiger partial charge in [0.05, 0.1) is 11.5 Å². The van der Waals surface area contributed by atoms with E-state index in [0.29, 0.717) is 12.0 Å². The van der Waals surface area contributed by atoms with Crippen LogP contribution in [0, 0.1) is 11.8 Å². The highest BCUT2D eigenvalue weighted by atomic mass is 16.7. The Morgan fingerprint density at radius 2 is 1.79 bits per heavy atom. The minimum Gasteiger partial charge on any atom is -0.465 e. The predicted octanol–water partition coefficient (Wildman–Crippen LogP) is 1.82. The maximum absolute atomic E-state index is 13.2. The zero-order valence-electron chi connectivity index (χ0n) is 20.4. The number of fused-ring (bicyclic) bond motifs is 3. The monoisotopic (exact) mass is 480 g/mol. The van der Waals surface area contributed by atoms with Crippen LogP contribution in [0.3, 0.4) is 0 Å². The van der Waals surface area contributed by atoms with Gasteiger partial charge in [-0.3, -0.25) is 19.2 Å². The Morgan fingerprint density at radius 1 is 1.12 bits per heavy atom. The van der Waals surface area contributed by atoms with E-state index in [4.69, 9.17) is 23.7 Å². The average molecular weight is 481 g/mol. The lowest BCUT2D eigenvalue weighted by molar-refractivity contribution is -0.173. The van der Waals surface area contributed by atoms with Crippen LogP contribution in [-0.4, -0.2) is 65.8 Å². The summed E-state index contributed by atoms with van der Waals surface area (Å²) in [7, 11) is 0. The van der Waals surface area contributed by atoms with Gasteiger partial charge in [-0.15, -0.1) is 0 Å². The molecule has 0 aromatic rings. The van der Waals surface area contributed by atoms with Gasteiger partial charge in [0.15, 0.2) is 11.4 Å². The van der Waals surface area contributed by atoms with Crippen molar-refractivity contribution in [1.29, 1.82) is 0 Å². The number of Topliss-reactive ketones (excluding diaryl/α,β-unsaturated/α-hetero) is 1. The van der Waals surface area contributed by atoms with Crippen LogP contribution < -0.4 is 0 Å². The summed E-state index contributed by atoms with van der Waals surface area (Å²) in [5, 5.41) is 0. The van der Waals surface area contributed by atoms with E-state index in [1.807, 2.05) is 6.92 Å². The van der Waals surface area contributed by atoms with Gasteiger partial charge in [-0.25, -0.2) is 4.79 Å². The molecule has 0 aromatic heterocycles. The molecule has 0 bridgehead atoms. The molecular weight excluding hydrogens is 448 g/mol. The van der Waals surface area contributed by atoms with E-state index in [9.17, 15) is 24.0 Å². The molecule has 10 heteroatoms. The van der Waals surface area contributed by atoms with Crippen LogP contribution in [0.5, 0.6) is 0 Å². The number of hydrogen-bond donors (Lipinski definition) is 0. The van der Waals surface area contributed by atoms with E-state index in [-0.39, 0.29) is 25.2 Å². The maximum Gasteiger partial charge on any atom is 0.333 e. The molecule has 0 aromatic carbocycles. The summed E-state index contributed by atoms with van der Waals surface area (Å²) in [6, 6.07) is 0. The second kappa shape index (κ2) is 9.48. The molecule has 34 heavy (non-hydrogen) atoms. The molecule has 188 valence electrons. The molecule has 2 aliphatic heterocycles. The third-order valence-electron chi connectivity index (χ3n) is 6.95. The molecule has 2 saturated heterocycles. The van der Waals surface area contributed by atoms with Crippen molar-refractivity contribution in [3.63, 3.8) is 0 Å². The summed E-state index contributed by atoms with van der Waals surface area (Å²) >= 11 is 0. The van der Waals surface area contributed by atoms with Crippen LogP contribution >= 0.6 is 0 Å². The van der Waals surface area contributed by atoms with E-state index in [2.05, 4.69) is 0 Å². The molecule has 0 N–H and O–H groups in total. The molecule has 0 spiro atoms. The predicted molar refractivity (Wildman–Crippen MR) is 115 cm³/mol. The third kappa shape index (κ3) is 5.16. The number of carbonyl (C=O) groups excluding carboxylic acids is 5. The Hall–Kier alpha value is -2.75. The molecule has 10 nitrogen and oxygen atoms in total. The fourth-order valence-corrected chi connectivity index (χ4v) is 4.82. The van der Waals surface area contributed by atoms with Crippen molar-refractivity contribution in [2.45, 2.75) is 90.3 Å². The molecule has 1 saturated carbocycles. The first-order valence-electron chi connectivity index (χ1n) is 11.4. The van der Waals surface area contributed by atoms with Gasteiger partial charge >= 0.3 is 23.9 Å². The fourth-order valence-electron chi connectivity index (χ4n) is 4.82. The van der Waals surface area contributed by atoms with Gasteiger partial charge < -0.3 is 23.7 Å². The van der Waals surface area contributed by atoms with Crippen molar-refractivity contribution in [2.75, 3.05) is 6.61 Å². The molecule has 3 rings (SSSR count). The van der Waals surface area contributed by atoms with E-state index in [0.717, 1.165) is 0 Å². The van der Waals surface area contributed by atoms with Gasteiger partial charge in [-0.05, 0) is 34.1 Å². The maximum atomic E-state index is 13.2. The normalized spacial score (nSPS) is 37.6. The number of epoxide rings is 1. The van der Waals surface area contributed by atoms with Gasteiger partial charge in [-0.1, -0.05) is 6.08 Å². The summed E-state index contributed by atoms with van der Waals surface area (Å²) in [5.74, 6) is -4.61. The van der Waals surface area contributed by atoms with Crippen LogP contribution in [-0.2, 0) is 47.7 Å². The number of carbonyl (C=O) groups is 5. The summed E-state index contributed by atoms with van der Waals surface area (Å²) in [5.41, 5.74) is -2.03. The van der Waals surface area contributed by atoms with E-state index < -0.39 is 65.2 Å². The topological polar surface area (TPSA) is 135 Å². The smallest absolute Gasteiger partial charge is 0.333 e. The van der Waals surface area contributed by atoms with Crippen molar-refractivity contribution >= 4 is 29.7 Å². The largest absolute Gasteiger partial charge is 0.465 e. The van der Waals surface area contributed by atoms with Crippen molar-refractivity contribution in [1.82, 2.24) is 0 Å². The van der Waals surface area contributed by atoms with Gasteiger partial charge in [0.1, 0.15) is 30.8 Å². The van der Waals surface area contributed by atoms with Crippen molar-refractivity contribution in [3.05, 3.63) is 11.6 Å². The zero-order chi connectivity index (χ0) is 25.4. The molecule has 0 radical (unpaired) electrons. The highest BCUT2D eigenvalue weighted by Crippen LogP contribution is 2.51. The van der Waals surface area contributed by atoms with Crippen LogP contribution in [0.15, 0.2) is 11.6 Å². The highest BCUT2D eigenvalue weighted by Gasteiger charge is 2.66. The second-order valence-electron chi connectivity index (χ2n) is 9.61. The molecule has 1 aliphatic carbocycles. The van der Waals surface area contributed by atoms with Gasteiger partial charge in [0.2, 0.25) is 0 Å². The van der Waals surface area contributed by atoms with Crippen LogP contribution in [0.4, 0.5) is 0 Å². The average Bonchev–Trinajstić information content (AvgIpc) is 3.30. The van der Waals surface area contributed by atoms with E-state index in [1.165, 1.54) is 20.8 Å². The minimum absolute atomic E-state index is 0.0630. The third-order valence-corrected chi connectivity index (χ3v) is 6.95. The first kappa shape index (κ1) is 25.9. The lowest BCUT2D eigenvalue weighted by atomic mass is 9.75. The van der Waals surface area contributed by atoms with Crippen LogP contribution in [0.25, 0.3) is 0 Å². The second-order valence-corrected chi connectivity index (χ2v) is 9.61. The van der Waals surface area contributed by atoms with Gasteiger partial charge in [-0.2, -0.15) is 0 Å². The summed E-state index contributed by atoms with van der Waals surface area (Å²) < 4.78 is 28.0. The molecule has 7 atom stereocenters. The molecule has 3 fully saturated rings. The number of allylic oxidation sites excluding steroid dienone is 1. The van der Waals surface area contributed by atoms with Crippen LogP contribution in [0.2, 0.25) is 0 Å². The molecule has 3 aliphatic rings. The van der Waals surface area contributed by atoms with Crippen LogP contribution in [0.1, 0.15) is 60.8 Å². The number of hydrogen-bond acceptors (Lipinski definition) is 10. The van der Waals surface area contributed by atoms with Crippen molar-refractivity contribution < 1.29 is 47.7 Å². The number of esters is 4. The number of ketones is 1. The highest BCUT2D eigenvalue weighted by molar-refractivity contribution is 5.90. The van der Waals surface area contributed by atoms with E-state index in [1.54, 1.807) is 19.9 Å². The Kier molecular flexibility index (Phi) is 7.21. The lowest BCUT2D eigenvalue weighted by Gasteiger charge is -2.36. The fraction of sp³-hybridized carbons (Fsp3) is 0.708. The molecule has 0 amide bonds. The zero-order valence-corrected chi connectivity index (χ0v) is 20.4. The summed E-state index contributed by atoms with van der Waals surface area (Å²) in [6.07, 6.45) is -0.594. The SMILES string of the molecule is CC=C(C)C(=O)OC1CC(C)(OC(C)=O)C(=O)CCC2(C)OC2C2OC(=O)C(COC(C)=O)C12. The quantitative estimate of drug-likeness (QED) is 0.248. The van der Waals surface area contributed by atoms with Gasteiger partial charge in [0, 0.05) is 32.3 Å². The van der Waals surface area contributed by atoms with Gasteiger partial charge in [0.25, 0.3) is 0 Å². The summed E-state index contributed by atoms with van der Waals surface area (Å²) in [4.78, 5) is 62.2. The van der Waals surface area contributed by atoms with Crippen molar-refractivity contribution in [3.8, 4) is 0 Å².